The minimum absolute atomic E-state index is 0.161. The molecule has 1 aliphatic carbocycles. The van der Waals surface area contributed by atoms with Crippen molar-refractivity contribution in [2.24, 2.45) is 0 Å². The lowest BCUT2D eigenvalue weighted by molar-refractivity contribution is -0.142. The van der Waals surface area contributed by atoms with Crippen molar-refractivity contribution in [1.82, 2.24) is 10.2 Å². The second kappa shape index (κ2) is 12.2. The molecule has 2 aromatic rings. The van der Waals surface area contributed by atoms with Crippen molar-refractivity contribution in [3.63, 3.8) is 0 Å². The Morgan fingerprint density at radius 1 is 0.941 bits per heavy atom. The molecule has 0 heterocycles. The molecule has 0 aliphatic heterocycles. The predicted octanol–water partition coefficient (Wildman–Crippen LogP) is 3.57. The van der Waals surface area contributed by atoms with E-state index in [9.17, 15) is 9.59 Å². The van der Waals surface area contributed by atoms with Gasteiger partial charge in [0.05, 0.1) is 21.3 Å². The molecule has 1 atom stereocenters. The number of amides is 2. The van der Waals surface area contributed by atoms with E-state index in [1.165, 1.54) is 4.90 Å². The quantitative estimate of drug-likeness (QED) is 0.540. The van der Waals surface area contributed by atoms with Crippen LogP contribution < -0.4 is 24.3 Å². The predicted molar refractivity (Wildman–Crippen MR) is 128 cm³/mol. The van der Waals surface area contributed by atoms with E-state index in [4.69, 9.17) is 18.9 Å². The first-order chi connectivity index (χ1) is 16.4. The van der Waals surface area contributed by atoms with E-state index in [1.807, 2.05) is 24.3 Å². The summed E-state index contributed by atoms with van der Waals surface area (Å²) in [5, 5.41) is 3.09. The Bertz CT molecular complexity index is 951. The minimum atomic E-state index is -0.664. The van der Waals surface area contributed by atoms with E-state index < -0.39 is 6.04 Å². The van der Waals surface area contributed by atoms with Gasteiger partial charge in [-0.25, -0.2) is 0 Å². The molecule has 184 valence electrons. The Morgan fingerprint density at radius 3 is 2.18 bits per heavy atom. The van der Waals surface area contributed by atoms with Gasteiger partial charge in [0.1, 0.15) is 29.0 Å². The molecule has 2 amide bonds. The summed E-state index contributed by atoms with van der Waals surface area (Å²) >= 11 is 0. The first-order valence-electron chi connectivity index (χ1n) is 11.5. The summed E-state index contributed by atoms with van der Waals surface area (Å²) in [6, 6.07) is 12.0. The number of rotatable bonds is 11. The lowest BCUT2D eigenvalue weighted by Crippen LogP contribution is -2.50. The van der Waals surface area contributed by atoms with Gasteiger partial charge in [-0.1, -0.05) is 25.0 Å². The van der Waals surface area contributed by atoms with Gasteiger partial charge in [-0.05, 0) is 37.5 Å². The highest BCUT2D eigenvalue weighted by molar-refractivity contribution is 5.88. The molecule has 0 unspecified atom stereocenters. The highest BCUT2D eigenvalue weighted by atomic mass is 16.5. The van der Waals surface area contributed by atoms with Gasteiger partial charge < -0.3 is 29.2 Å². The van der Waals surface area contributed by atoms with Crippen LogP contribution in [0.2, 0.25) is 0 Å². The molecule has 0 spiro atoms. The molecule has 1 N–H and O–H groups in total. The van der Waals surface area contributed by atoms with Crippen LogP contribution in [0.5, 0.6) is 23.0 Å². The summed E-state index contributed by atoms with van der Waals surface area (Å²) in [7, 11) is 4.68. The van der Waals surface area contributed by atoms with Crippen LogP contribution in [-0.4, -0.2) is 56.7 Å². The molecule has 34 heavy (non-hydrogen) atoms. The zero-order chi connectivity index (χ0) is 24.5. The normalized spacial score (nSPS) is 14.2. The van der Waals surface area contributed by atoms with E-state index in [-0.39, 0.29) is 31.0 Å². The van der Waals surface area contributed by atoms with E-state index >= 15 is 0 Å². The van der Waals surface area contributed by atoms with Gasteiger partial charge in [-0.3, -0.25) is 9.59 Å². The number of hydrogen-bond acceptors (Lipinski definition) is 6. The number of carbonyl (C=O) groups excluding carboxylic acids is 2. The van der Waals surface area contributed by atoms with Crippen molar-refractivity contribution in [3.05, 3.63) is 48.0 Å². The number of ether oxygens (including phenoxy) is 4. The molecule has 0 radical (unpaired) electrons. The molecular formula is C26H34N2O6. The molecule has 1 aliphatic rings. The molecule has 3 rings (SSSR count). The highest BCUT2D eigenvalue weighted by Crippen LogP contribution is 2.27. The maximum absolute atomic E-state index is 13.3. The second-order valence-corrected chi connectivity index (χ2v) is 8.38. The van der Waals surface area contributed by atoms with Gasteiger partial charge >= 0.3 is 0 Å². The van der Waals surface area contributed by atoms with E-state index in [1.54, 1.807) is 46.5 Å². The van der Waals surface area contributed by atoms with Gasteiger partial charge in [-0.2, -0.15) is 0 Å². The van der Waals surface area contributed by atoms with Crippen LogP contribution in [-0.2, 0) is 16.1 Å². The maximum Gasteiger partial charge on any atom is 0.261 e. The molecule has 8 nitrogen and oxygen atoms in total. The van der Waals surface area contributed by atoms with E-state index in [0.29, 0.717) is 23.0 Å². The van der Waals surface area contributed by atoms with Crippen LogP contribution in [0.15, 0.2) is 42.5 Å². The molecule has 1 saturated carbocycles. The fourth-order valence-corrected chi connectivity index (χ4v) is 4.03. The number of nitrogens with zero attached hydrogens (tertiary/aromatic N) is 1. The number of benzene rings is 2. The average molecular weight is 471 g/mol. The number of nitrogens with one attached hydrogen (secondary N) is 1. The van der Waals surface area contributed by atoms with Crippen LogP contribution in [0.1, 0.15) is 38.2 Å². The van der Waals surface area contributed by atoms with Crippen LogP contribution >= 0.6 is 0 Å². The standard InChI is InChI=1S/C26H34N2O6/c1-18(26(30)27-20-9-5-6-10-20)28(16-19-8-7-11-21(12-19)31-2)25(29)17-34-24-14-22(32-3)13-23(15-24)33-4/h7-8,11-15,18,20H,5-6,9-10,16-17H2,1-4H3,(H,27,30)/t18-/m0/s1. The monoisotopic (exact) mass is 470 g/mol. The maximum atomic E-state index is 13.3. The van der Waals surface area contributed by atoms with Gasteiger partial charge in [0.2, 0.25) is 5.91 Å². The SMILES string of the molecule is COc1cccc(CN(C(=O)COc2cc(OC)cc(OC)c2)[C@@H](C)C(=O)NC2CCCC2)c1. The topological polar surface area (TPSA) is 86.3 Å². The van der Waals surface area contributed by atoms with Gasteiger partial charge in [0.15, 0.2) is 6.61 Å². The summed E-state index contributed by atoms with van der Waals surface area (Å²) in [4.78, 5) is 27.8. The third kappa shape index (κ3) is 6.79. The Labute approximate surface area is 201 Å². The number of hydrogen-bond donors (Lipinski definition) is 1. The summed E-state index contributed by atoms with van der Waals surface area (Å²) in [5.41, 5.74) is 0.858. The molecule has 8 heteroatoms. The van der Waals surface area contributed by atoms with E-state index in [2.05, 4.69) is 5.32 Å². The molecule has 0 bridgehead atoms. The lowest BCUT2D eigenvalue weighted by atomic mass is 10.1. The zero-order valence-corrected chi connectivity index (χ0v) is 20.3. The van der Waals surface area contributed by atoms with Crippen molar-refractivity contribution < 1.29 is 28.5 Å². The minimum Gasteiger partial charge on any atom is -0.497 e. The fourth-order valence-electron chi connectivity index (χ4n) is 4.03. The van der Waals surface area contributed by atoms with Crippen LogP contribution in [0.3, 0.4) is 0 Å². The largest absolute Gasteiger partial charge is 0.497 e. The molecular weight excluding hydrogens is 436 g/mol. The summed E-state index contributed by atoms with van der Waals surface area (Å²) in [6.45, 7) is 1.76. The Balaban J connectivity index is 1.75. The first kappa shape index (κ1) is 25.2. The molecule has 1 fully saturated rings. The third-order valence-corrected chi connectivity index (χ3v) is 6.04. The van der Waals surface area contributed by atoms with Gasteiger partial charge in [-0.15, -0.1) is 0 Å². The lowest BCUT2D eigenvalue weighted by Gasteiger charge is -2.29. The smallest absolute Gasteiger partial charge is 0.261 e. The first-order valence-corrected chi connectivity index (χ1v) is 11.5. The number of carbonyl (C=O) groups is 2. The zero-order valence-electron chi connectivity index (χ0n) is 20.3. The number of methoxy groups -OCH3 is 3. The highest BCUT2D eigenvalue weighted by Gasteiger charge is 2.29. The summed E-state index contributed by atoms with van der Waals surface area (Å²) < 4.78 is 21.6. The Kier molecular flexibility index (Phi) is 9.01. The average Bonchev–Trinajstić information content (AvgIpc) is 3.38. The summed E-state index contributed by atoms with van der Waals surface area (Å²) in [6.07, 6.45) is 4.18. The van der Waals surface area contributed by atoms with Crippen LogP contribution in [0.25, 0.3) is 0 Å². The van der Waals surface area contributed by atoms with Gasteiger partial charge in [0, 0.05) is 30.8 Å². The van der Waals surface area contributed by atoms with Crippen molar-refractivity contribution >= 4 is 11.8 Å². The molecule has 2 aromatic carbocycles. The van der Waals surface area contributed by atoms with Crippen molar-refractivity contribution in [3.8, 4) is 23.0 Å². The van der Waals surface area contributed by atoms with Crippen LogP contribution in [0.4, 0.5) is 0 Å². The Morgan fingerprint density at radius 2 is 1.56 bits per heavy atom. The Hall–Kier alpha value is -3.42. The van der Waals surface area contributed by atoms with Crippen molar-refractivity contribution in [2.75, 3.05) is 27.9 Å². The molecule has 0 saturated heterocycles. The second-order valence-electron chi connectivity index (χ2n) is 8.38. The van der Waals surface area contributed by atoms with Crippen molar-refractivity contribution in [1.29, 1.82) is 0 Å². The summed E-state index contributed by atoms with van der Waals surface area (Å²) in [5.74, 6) is 1.77. The fraction of sp³-hybridized carbons (Fsp3) is 0.462. The van der Waals surface area contributed by atoms with Crippen LogP contribution in [0, 0.1) is 0 Å². The van der Waals surface area contributed by atoms with Crippen molar-refractivity contribution in [2.45, 2.75) is 51.2 Å². The molecule has 0 aromatic heterocycles. The third-order valence-electron chi connectivity index (χ3n) is 6.04. The van der Waals surface area contributed by atoms with E-state index in [0.717, 1.165) is 31.2 Å². The van der Waals surface area contributed by atoms with Gasteiger partial charge in [0.25, 0.3) is 5.91 Å².